The quantitative estimate of drug-likeness (QED) is 0.835. The van der Waals surface area contributed by atoms with E-state index in [1.165, 1.54) is 6.07 Å². The van der Waals surface area contributed by atoms with Crippen molar-refractivity contribution in [1.82, 2.24) is 0 Å². The fourth-order valence-electron chi connectivity index (χ4n) is 1.86. The van der Waals surface area contributed by atoms with Crippen molar-refractivity contribution in [3.05, 3.63) is 28.8 Å². The molecule has 2 N–H and O–H groups in total. The molecule has 1 fully saturated rings. The Morgan fingerprint density at radius 2 is 2.00 bits per heavy atom. The van der Waals surface area contributed by atoms with E-state index in [0.29, 0.717) is 24.0 Å². The highest BCUT2D eigenvalue weighted by molar-refractivity contribution is 5.45. The summed E-state index contributed by atoms with van der Waals surface area (Å²) < 4.78 is 25.2. The van der Waals surface area contributed by atoms with Crippen LogP contribution in [0.15, 0.2) is 12.1 Å². The summed E-state index contributed by atoms with van der Waals surface area (Å²) in [6.07, 6.45) is -1.10. The molecule has 1 saturated carbocycles. The molecule has 0 heterocycles. The van der Waals surface area contributed by atoms with Crippen LogP contribution in [0.5, 0.6) is 5.75 Å². The van der Waals surface area contributed by atoms with Gasteiger partial charge in [-0.1, -0.05) is 11.6 Å². The van der Waals surface area contributed by atoms with E-state index in [1.54, 1.807) is 13.0 Å². The molecule has 1 aliphatic carbocycles. The highest BCUT2D eigenvalue weighted by atomic mass is 19.3. The van der Waals surface area contributed by atoms with Crippen LogP contribution in [0.25, 0.3) is 0 Å². The fraction of sp³-hybridized carbons (Fsp3) is 0.500. The van der Waals surface area contributed by atoms with Gasteiger partial charge in [0.25, 0.3) is 6.43 Å². The van der Waals surface area contributed by atoms with Crippen LogP contribution in [-0.2, 0) is 6.42 Å². The van der Waals surface area contributed by atoms with Crippen LogP contribution in [0.1, 0.15) is 36.0 Å². The van der Waals surface area contributed by atoms with Gasteiger partial charge in [0.15, 0.2) is 0 Å². The number of rotatable bonds is 3. The maximum atomic E-state index is 12.6. The lowest BCUT2D eigenvalue weighted by molar-refractivity contribution is 0.142. The predicted molar refractivity (Wildman–Crippen MR) is 55.7 cm³/mol. The molecule has 0 radical (unpaired) electrons. The zero-order valence-electron chi connectivity index (χ0n) is 9.00. The summed E-state index contributed by atoms with van der Waals surface area (Å²) in [6.45, 7) is 1.70. The number of aryl methyl sites for hydroxylation is 1. The Labute approximate surface area is 92.5 Å². The predicted octanol–water partition coefficient (Wildman–Crippen LogP) is 2.71. The van der Waals surface area contributed by atoms with E-state index < -0.39 is 12.0 Å². The highest BCUT2D eigenvalue weighted by Gasteiger charge is 2.41. The van der Waals surface area contributed by atoms with Crippen molar-refractivity contribution < 1.29 is 19.0 Å². The number of aliphatic hydroxyl groups is 1. The van der Waals surface area contributed by atoms with Crippen LogP contribution in [0.3, 0.4) is 0 Å². The van der Waals surface area contributed by atoms with Gasteiger partial charge in [-0.3, -0.25) is 0 Å². The molecule has 0 aromatic heterocycles. The lowest BCUT2D eigenvalue weighted by Gasteiger charge is -2.13. The van der Waals surface area contributed by atoms with Crippen molar-refractivity contribution in [1.29, 1.82) is 0 Å². The van der Waals surface area contributed by atoms with Gasteiger partial charge in [0.05, 0.1) is 11.2 Å². The number of halogens is 2. The SMILES string of the molecule is Cc1cc(CC2(O)CC2)c(O)c(C(F)F)c1. The van der Waals surface area contributed by atoms with Crippen molar-refractivity contribution in [3.8, 4) is 5.75 Å². The second kappa shape index (κ2) is 3.70. The number of benzene rings is 1. The Kier molecular flexibility index (Phi) is 2.62. The lowest BCUT2D eigenvalue weighted by Crippen LogP contribution is -2.11. The van der Waals surface area contributed by atoms with Crippen molar-refractivity contribution in [2.24, 2.45) is 0 Å². The molecule has 0 bridgehead atoms. The second-order valence-electron chi connectivity index (χ2n) is 4.56. The van der Waals surface area contributed by atoms with Crippen molar-refractivity contribution in [3.63, 3.8) is 0 Å². The molecule has 0 unspecified atom stereocenters. The average molecular weight is 228 g/mol. The average Bonchev–Trinajstić information content (AvgIpc) is 2.89. The topological polar surface area (TPSA) is 40.5 Å². The minimum Gasteiger partial charge on any atom is -0.507 e. The first-order valence-electron chi connectivity index (χ1n) is 5.24. The third-order valence-corrected chi connectivity index (χ3v) is 2.94. The number of phenolic OH excluding ortho intramolecular Hbond substituents is 1. The molecule has 88 valence electrons. The molecule has 2 nitrogen and oxygen atoms in total. The fourth-order valence-corrected chi connectivity index (χ4v) is 1.86. The first-order valence-corrected chi connectivity index (χ1v) is 5.24. The van der Waals surface area contributed by atoms with E-state index in [9.17, 15) is 19.0 Å². The molecule has 1 aliphatic rings. The molecule has 0 atom stereocenters. The Morgan fingerprint density at radius 3 is 2.50 bits per heavy atom. The zero-order valence-corrected chi connectivity index (χ0v) is 9.00. The molecule has 0 aliphatic heterocycles. The van der Waals surface area contributed by atoms with Crippen LogP contribution in [0.2, 0.25) is 0 Å². The zero-order chi connectivity index (χ0) is 11.9. The Hall–Kier alpha value is -1.16. The molecular formula is C12H14F2O2. The van der Waals surface area contributed by atoms with Crippen LogP contribution in [0, 0.1) is 6.92 Å². The molecule has 0 saturated heterocycles. The van der Waals surface area contributed by atoms with E-state index in [0.717, 1.165) is 0 Å². The van der Waals surface area contributed by atoms with Crippen LogP contribution in [0.4, 0.5) is 8.78 Å². The molecule has 2 rings (SSSR count). The van der Waals surface area contributed by atoms with Gasteiger partial charge in [-0.2, -0.15) is 0 Å². The van der Waals surface area contributed by atoms with Crippen molar-refractivity contribution in [2.45, 2.75) is 38.2 Å². The van der Waals surface area contributed by atoms with Gasteiger partial charge in [-0.15, -0.1) is 0 Å². The molecule has 4 heteroatoms. The first-order chi connectivity index (χ1) is 7.41. The van der Waals surface area contributed by atoms with Crippen LogP contribution < -0.4 is 0 Å². The minimum atomic E-state index is -2.69. The van der Waals surface area contributed by atoms with E-state index in [-0.39, 0.29) is 17.7 Å². The molecule has 1 aromatic carbocycles. The maximum Gasteiger partial charge on any atom is 0.267 e. The summed E-state index contributed by atoms with van der Waals surface area (Å²) >= 11 is 0. The largest absolute Gasteiger partial charge is 0.507 e. The van der Waals surface area contributed by atoms with Gasteiger partial charge >= 0.3 is 0 Å². The van der Waals surface area contributed by atoms with Gasteiger partial charge < -0.3 is 10.2 Å². The normalized spacial score (nSPS) is 17.8. The van der Waals surface area contributed by atoms with E-state index in [4.69, 9.17) is 0 Å². The van der Waals surface area contributed by atoms with Gasteiger partial charge in [-0.05, 0) is 31.4 Å². The summed E-state index contributed by atoms with van der Waals surface area (Å²) in [5, 5.41) is 19.4. The third-order valence-electron chi connectivity index (χ3n) is 2.94. The summed E-state index contributed by atoms with van der Waals surface area (Å²) in [4.78, 5) is 0. The first kappa shape index (κ1) is 11.3. The van der Waals surface area contributed by atoms with E-state index in [1.807, 2.05) is 0 Å². The molecule has 0 amide bonds. The summed E-state index contributed by atoms with van der Waals surface area (Å²) in [7, 11) is 0. The molecule has 0 spiro atoms. The van der Waals surface area contributed by atoms with Crippen molar-refractivity contribution >= 4 is 0 Å². The Balaban J connectivity index is 2.36. The Morgan fingerprint density at radius 1 is 1.38 bits per heavy atom. The van der Waals surface area contributed by atoms with Gasteiger partial charge in [0, 0.05) is 6.42 Å². The second-order valence-corrected chi connectivity index (χ2v) is 4.56. The van der Waals surface area contributed by atoms with Gasteiger partial charge in [0.1, 0.15) is 5.75 Å². The third kappa shape index (κ3) is 2.16. The standard InChI is InChI=1S/C12H14F2O2/c1-7-4-8(6-12(16)2-3-12)10(15)9(5-7)11(13)14/h4-5,11,15-16H,2-3,6H2,1H3. The Bertz CT molecular complexity index is 412. The molecule has 1 aromatic rings. The smallest absolute Gasteiger partial charge is 0.267 e. The van der Waals surface area contributed by atoms with E-state index in [2.05, 4.69) is 0 Å². The summed E-state index contributed by atoms with van der Waals surface area (Å²) in [5.74, 6) is -0.374. The van der Waals surface area contributed by atoms with Gasteiger partial charge in [0.2, 0.25) is 0 Å². The highest BCUT2D eigenvalue weighted by Crippen LogP contribution is 2.42. The number of alkyl halides is 2. The molecule has 16 heavy (non-hydrogen) atoms. The summed E-state index contributed by atoms with van der Waals surface area (Å²) in [5.41, 5.74) is -0.0492. The summed E-state index contributed by atoms with van der Waals surface area (Å²) in [6, 6.07) is 2.93. The maximum absolute atomic E-state index is 12.6. The monoisotopic (exact) mass is 228 g/mol. The van der Waals surface area contributed by atoms with Gasteiger partial charge in [-0.25, -0.2) is 8.78 Å². The number of hydrogen-bond acceptors (Lipinski definition) is 2. The van der Waals surface area contributed by atoms with Crippen LogP contribution >= 0.6 is 0 Å². The lowest BCUT2D eigenvalue weighted by atomic mass is 9.99. The van der Waals surface area contributed by atoms with Crippen LogP contribution in [-0.4, -0.2) is 15.8 Å². The minimum absolute atomic E-state index is 0.250. The number of aromatic hydroxyl groups is 1. The van der Waals surface area contributed by atoms with E-state index >= 15 is 0 Å². The van der Waals surface area contributed by atoms with Crippen molar-refractivity contribution in [2.75, 3.05) is 0 Å². The number of hydrogen-bond donors (Lipinski definition) is 2. The molecular weight excluding hydrogens is 214 g/mol. The number of phenols is 1.